The largest absolute Gasteiger partial charge is 0.493 e. The van der Waals surface area contributed by atoms with Crippen LogP contribution in [-0.2, 0) is 0 Å². The molecular formula is C18H23ClN2O3. The van der Waals surface area contributed by atoms with E-state index in [1.807, 2.05) is 37.3 Å². The number of nitrogens with zero attached hydrogens (tertiary/aromatic N) is 1. The number of anilines is 1. The Morgan fingerprint density at radius 2 is 1.83 bits per heavy atom. The number of methoxy groups -OCH3 is 1. The maximum Gasteiger partial charge on any atom is 0.253 e. The summed E-state index contributed by atoms with van der Waals surface area (Å²) in [5.74, 6) is 1.25. The number of amides is 1. The number of rotatable bonds is 6. The zero-order valence-electron chi connectivity index (χ0n) is 14.1. The van der Waals surface area contributed by atoms with E-state index in [2.05, 4.69) is 0 Å². The van der Waals surface area contributed by atoms with Crippen LogP contribution in [0.5, 0.6) is 11.5 Å². The highest BCUT2D eigenvalue weighted by Crippen LogP contribution is 2.25. The van der Waals surface area contributed by atoms with Crippen LogP contribution in [0.15, 0.2) is 42.5 Å². The van der Waals surface area contributed by atoms with Crippen molar-refractivity contribution in [2.45, 2.75) is 6.92 Å². The quantitative estimate of drug-likeness (QED) is 0.813. The molecule has 0 unspecified atom stereocenters. The molecule has 2 aromatic carbocycles. The lowest BCUT2D eigenvalue weighted by Crippen LogP contribution is -2.31. The van der Waals surface area contributed by atoms with E-state index in [-0.39, 0.29) is 18.3 Å². The van der Waals surface area contributed by atoms with Crippen molar-refractivity contribution in [2.75, 3.05) is 33.0 Å². The molecule has 0 fully saturated rings. The fraction of sp³-hybridized carbons (Fsp3) is 0.278. The van der Waals surface area contributed by atoms with Crippen LogP contribution in [0.3, 0.4) is 0 Å². The topological polar surface area (TPSA) is 64.8 Å². The van der Waals surface area contributed by atoms with Crippen LogP contribution in [-0.4, -0.2) is 38.1 Å². The first-order valence-electron chi connectivity index (χ1n) is 7.40. The number of benzene rings is 2. The smallest absolute Gasteiger partial charge is 0.253 e. The minimum Gasteiger partial charge on any atom is -0.493 e. The molecule has 0 aromatic heterocycles. The number of aryl methyl sites for hydroxylation is 1. The summed E-state index contributed by atoms with van der Waals surface area (Å²) in [5, 5.41) is 0. The van der Waals surface area contributed by atoms with Crippen molar-refractivity contribution < 1.29 is 14.3 Å². The average Bonchev–Trinajstić information content (AvgIpc) is 2.57. The molecule has 0 saturated heterocycles. The number of nitrogen functional groups attached to an aromatic ring is 1. The fourth-order valence-electron chi connectivity index (χ4n) is 2.13. The Labute approximate surface area is 148 Å². The first-order chi connectivity index (χ1) is 11.0. The fourth-order valence-corrected chi connectivity index (χ4v) is 2.13. The molecule has 0 radical (unpaired) electrons. The number of para-hydroxylation sites is 2. The third-order valence-electron chi connectivity index (χ3n) is 3.63. The molecule has 1 amide bonds. The summed E-state index contributed by atoms with van der Waals surface area (Å²) in [6.45, 7) is 2.75. The molecule has 2 rings (SSSR count). The number of hydrogen-bond donors (Lipinski definition) is 1. The van der Waals surface area contributed by atoms with Crippen molar-refractivity contribution >= 4 is 24.0 Å². The minimum absolute atomic E-state index is 0. The normalized spacial score (nSPS) is 9.79. The molecule has 6 heteroatoms. The number of carbonyl (C=O) groups excluding carboxylic acids is 1. The van der Waals surface area contributed by atoms with E-state index in [9.17, 15) is 4.79 Å². The predicted molar refractivity (Wildman–Crippen MR) is 98.3 cm³/mol. The van der Waals surface area contributed by atoms with Crippen molar-refractivity contribution in [3.05, 3.63) is 53.6 Å². The Morgan fingerprint density at radius 3 is 2.46 bits per heavy atom. The number of likely N-dealkylation sites (N-methyl/N-ethyl adjacent to an activating group) is 1. The number of ether oxygens (including phenoxy) is 2. The van der Waals surface area contributed by atoms with E-state index in [0.29, 0.717) is 35.9 Å². The van der Waals surface area contributed by atoms with Gasteiger partial charge in [-0.15, -0.1) is 12.4 Å². The Bertz CT molecular complexity index is 692. The second kappa shape index (κ2) is 9.03. The molecule has 2 N–H and O–H groups in total. The number of nitrogens with two attached hydrogens (primary N) is 1. The molecule has 0 bridgehead atoms. The van der Waals surface area contributed by atoms with Crippen molar-refractivity contribution in [3.8, 4) is 11.5 Å². The van der Waals surface area contributed by atoms with Crippen molar-refractivity contribution in [1.82, 2.24) is 4.90 Å². The van der Waals surface area contributed by atoms with E-state index < -0.39 is 0 Å². The maximum atomic E-state index is 12.4. The highest BCUT2D eigenvalue weighted by molar-refractivity contribution is 5.95. The average molecular weight is 351 g/mol. The van der Waals surface area contributed by atoms with E-state index >= 15 is 0 Å². The Hall–Kier alpha value is -2.40. The third-order valence-corrected chi connectivity index (χ3v) is 3.63. The van der Waals surface area contributed by atoms with Gasteiger partial charge in [0.1, 0.15) is 6.61 Å². The second-order valence-electron chi connectivity index (χ2n) is 5.30. The van der Waals surface area contributed by atoms with Gasteiger partial charge in [-0.1, -0.05) is 18.2 Å². The van der Waals surface area contributed by atoms with E-state index in [0.717, 1.165) is 5.56 Å². The first kappa shape index (κ1) is 19.6. The highest BCUT2D eigenvalue weighted by atomic mass is 35.5. The van der Waals surface area contributed by atoms with Gasteiger partial charge >= 0.3 is 0 Å². The molecule has 0 aliphatic carbocycles. The summed E-state index contributed by atoms with van der Waals surface area (Å²) < 4.78 is 10.9. The molecule has 0 aliphatic heterocycles. The molecule has 0 atom stereocenters. The lowest BCUT2D eigenvalue weighted by Gasteiger charge is -2.18. The van der Waals surface area contributed by atoms with Gasteiger partial charge in [-0.25, -0.2) is 0 Å². The maximum absolute atomic E-state index is 12.4. The van der Waals surface area contributed by atoms with Crippen molar-refractivity contribution in [3.63, 3.8) is 0 Å². The molecule has 130 valence electrons. The monoisotopic (exact) mass is 350 g/mol. The van der Waals surface area contributed by atoms with Crippen molar-refractivity contribution in [1.29, 1.82) is 0 Å². The van der Waals surface area contributed by atoms with Crippen LogP contribution in [0, 0.1) is 6.92 Å². The molecular weight excluding hydrogens is 328 g/mol. The van der Waals surface area contributed by atoms with E-state index in [4.69, 9.17) is 15.2 Å². The first-order valence-corrected chi connectivity index (χ1v) is 7.40. The van der Waals surface area contributed by atoms with Crippen LogP contribution < -0.4 is 15.2 Å². The molecule has 0 aliphatic rings. The zero-order valence-corrected chi connectivity index (χ0v) is 14.9. The minimum atomic E-state index is -0.0830. The van der Waals surface area contributed by atoms with Crippen LogP contribution in [0.2, 0.25) is 0 Å². The van der Waals surface area contributed by atoms with Crippen LogP contribution in [0.4, 0.5) is 5.69 Å². The van der Waals surface area contributed by atoms with Gasteiger partial charge in [0, 0.05) is 18.3 Å². The van der Waals surface area contributed by atoms with Gasteiger partial charge in [0.2, 0.25) is 0 Å². The summed E-state index contributed by atoms with van der Waals surface area (Å²) in [4.78, 5) is 14.0. The van der Waals surface area contributed by atoms with Crippen LogP contribution in [0.25, 0.3) is 0 Å². The summed E-state index contributed by atoms with van der Waals surface area (Å²) >= 11 is 0. The molecule has 24 heavy (non-hydrogen) atoms. The third kappa shape index (κ3) is 4.80. The molecule has 0 heterocycles. The predicted octanol–water partition coefficient (Wildman–Crippen LogP) is 3.16. The van der Waals surface area contributed by atoms with Gasteiger partial charge in [0.05, 0.1) is 13.7 Å². The van der Waals surface area contributed by atoms with Gasteiger partial charge in [-0.2, -0.15) is 0 Å². The summed E-state index contributed by atoms with van der Waals surface area (Å²) in [6, 6.07) is 12.8. The SMILES string of the molecule is COc1ccccc1OCCN(C)C(=O)c1ccc(C)c(N)c1.Cl. The molecule has 5 nitrogen and oxygen atoms in total. The zero-order chi connectivity index (χ0) is 16.8. The Morgan fingerprint density at radius 1 is 1.17 bits per heavy atom. The standard InChI is InChI=1S/C18H22N2O3.ClH/c1-13-8-9-14(12-15(13)19)18(21)20(2)10-11-23-17-7-5-4-6-16(17)22-3;/h4-9,12H,10-11,19H2,1-3H3;1H. The van der Waals surface area contributed by atoms with Gasteiger partial charge < -0.3 is 20.1 Å². The number of carbonyl (C=O) groups is 1. The summed E-state index contributed by atoms with van der Waals surface area (Å²) in [5.41, 5.74) is 8.02. The van der Waals surface area contributed by atoms with Crippen LogP contribution >= 0.6 is 12.4 Å². The van der Waals surface area contributed by atoms with E-state index in [1.54, 1.807) is 31.2 Å². The summed E-state index contributed by atoms with van der Waals surface area (Å²) in [6.07, 6.45) is 0. The van der Waals surface area contributed by atoms with Gasteiger partial charge in [0.25, 0.3) is 5.91 Å². The van der Waals surface area contributed by atoms with Gasteiger partial charge in [-0.05, 0) is 36.8 Å². The van der Waals surface area contributed by atoms with Crippen LogP contribution in [0.1, 0.15) is 15.9 Å². The second-order valence-corrected chi connectivity index (χ2v) is 5.30. The Kier molecular flexibility index (Phi) is 7.39. The highest BCUT2D eigenvalue weighted by Gasteiger charge is 2.13. The van der Waals surface area contributed by atoms with E-state index in [1.165, 1.54) is 0 Å². The molecule has 0 saturated carbocycles. The lowest BCUT2D eigenvalue weighted by molar-refractivity contribution is 0.0773. The number of halogens is 1. The van der Waals surface area contributed by atoms with Gasteiger partial charge in [-0.3, -0.25) is 4.79 Å². The van der Waals surface area contributed by atoms with Crippen molar-refractivity contribution in [2.24, 2.45) is 0 Å². The number of hydrogen-bond acceptors (Lipinski definition) is 4. The van der Waals surface area contributed by atoms with Gasteiger partial charge in [0.15, 0.2) is 11.5 Å². The Balaban J connectivity index is 0.00000288. The molecule has 0 spiro atoms. The molecule has 2 aromatic rings. The summed E-state index contributed by atoms with van der Waals surface area (Å²) in [7, 11) is 3.34. The lowest BCUT2D eigenvalue weighted by atomic mass is 10.1.